The van der Waals surface area contributed by atoms with Gasteiger partial charge in [0.2, 0.25) is 5.91 Å². The summed E-state index contributed by atoms with van der Waals surface area (Å²) in [5.74, 6) is -0.111. The standard InChI is InChI=1S/C17H20N2O2S/c1-2-18-12-13-6-3-4-7-14(13)19-17(21)10-9-15(20)16-8-5-11-22-16/h3-8,11,18H,2,9-10,12H2,1H3,(H,19,21). The van der Waals surface area contributed by atoms with Gasteiger partial charge in [-0.15, -0.1) is 11.3 Å². The molecule has 2 N–H and O–H groups in total. The molecule has 1 heterocycles. The van der Waals surface area contributed by atoms with Crippen molar-refractivity contribution in [2.24, 2.45) is 0 Å². The number of benzene rings is 1. The molecule has 1 amide bonds. The fourth-order valence-electron chi connectivity index (χ4n) is 2.06. The number of nitrogens with one attached hydrogen (secondary N) is 2. The van der Waals surface area contributed by atoms with Crippen LogP contribution in [0.1, 0.15) is 35.0 Å². The summed E-state index contributed by atoms with van der Waals surface area (Å²) in [5.41, 5.74) is 1.85. The normalized spacial score (nSPS) is 10.4. The smallest absolute Gasteiger partial charge is 0.224 e. The first-order valence-electron chi connectivity index (χ1n) is 7.36. The maximum absolute atomic E-state index is 12.0. The number of anilines is 1. The zero-order valence-corrected chi connectivity index (χ0v) is 13.4. The first kappa shape index (κ1) is 16.4. The lowest BCUT2D eigenvalue weighted by Crippen LogP contribution is -2.17. The van der Waals surface area contributed by atoms with Crippen LogP contribution < -0.4 is 10.6 Å². The lowest BCUT2D eigenvalue weighted by Gasteiger charge is -2.11. The molecular weight excluding hydrogens is 296 g/mol. The number of Topliss-reactive ketones (excluding diaryl/α,β-unsaturated/α-hetero) is 1. The third-order valence-corrected chi connectivity index (χ3v) is 4.14. The average molecular weight is 316 g/mol. The molecule has 1 aromatic heterocycles. The highest BCUT2D eigenvalue weighted by Gasteiger charge is 2.11. The van der Waals surface area contributed by atoms with E-state index in [2.05, 4.69) is 10.6 Å². The van der Waals surface area contributed by atoms with Crippen molar-refractivity contribution in [2.75, 3.05) is 11.9 Å². The minimum absolute atomic E-state index is 0.0195. The predicted octanol–water partition coefficient (Wildman–Crippen LogP) is 3.46. The van der Waals surface area contributed by atoms with Crippen LogP contribution in [-0.4, -0.2) is 18.2 Å². The summed E-state index contributed by atoms with van der Waals surface area (Å²) in [6.07, 6.45) is 0.438. The van der Waals surface area contributed by atoms with Crippen LogP contribution >= 0.6 is 11.3 Å². The lowest BCUT2D eigenvalue weighted by atomic mass is 10.1. The number of amides is 1. The largest absolute Gasteiger partial charge is 0.326 e. The highest BCUT2D eigenvalue weighted by Crippen LogP contribution is 2.16. The van der Waals surface area contributed by atoms with Crippen LogP contribution in [-0.2, 0) is 11.3 Å². The van der Waals surface area contributed by atoms with Gasteiger partial charge in [0.05, 0.1) is 4.88 Å². The predicted molar refractivity (Wildman–Crippen MR) is 90.3 cm³/mol. The summed E-state index contributed by atoms with van der Waals surface area (Å²) in [6, 6.07) is 11.3. The number of thiophene rings is 1. The Balaban J connectivity index is 1.88. The molecule has 1 aromatic carbocycles. The topological polar surface area (TPSA) is 58.2 Å². The third-order valence-electron chi connectivity index (χ3n) is 3.23. The van der Waals surface area contributed by atoms with Crippen molar-refractivity contribution >= 4 is 28.7 Å². The van der Waals surface area contributed by atoms with Gasteiger partial charge in [-0.05, 0) is 29.6 Å². The highest BCUT2D eigenvalue weighted by atomic mass is 32.1. The number of carbonyl (C=O) groups is 2. The molecule has 0 aliphatic rings. The molecule has 0 spiro atoms. The maximum atomic E-state index is 12.0. The molecule has 5 heteroatoms. The zero-order valence-electron chi connectivity index (χ0n) is 12.6. The van der Waals surface area contributed by atoms with Crippen molar-refractivity contribution in [1.82, 2.24) is 5.32 Å². The van der Waals surface area contributed by atoms with E-state index < -0.39 is 0 Å². The second kappa shape index (κ2) is 8.46. The number of carbonyl (C=O) groups excluding carboxylic acids is 2. The Morgan fingerprint density at radius 3 is 2.64 bits per heavy atom. The molecule has 0 unspecified atom stereocenters. The first-order chi connectivity index (χ1) is 10.7. The van der Waals surface area contributed by atoms with E-state index in [-0.39, 0.29) is 24.5 Å². The number of rotatable bonds is 8. The minimum Gasteiger partial charge on any atom is -0.326 e. The van der Waals surface area contributed by atoms with Crippen LogP contribution in [0.3, 0.4) is 0 Å². The second-order valence-corrected chi connectivity index (χ2v) is 5.83. The van der Waals surface area contributed by atoms with Gasteiger partial charge in [0, 0.05) is 25.1 Å². The maximum Gasteiger partial charge on any atom is 0.224 e. The fourth-order valence-corrected chi connectivity index (χ4v) is 2.75. The summed E-state index contributed by atoms with van der Waals surface area (Å²) in [6.45, 7) is 3.62. The van der Waals surface area contributed by atoms with Crippen LogP contribution in [0.25, 0.3) is 0 Å². The quantitative estimate of drug-likeness (QED) is 0.733. The fraction of sp³-hybridized carbons (Fsp3) is 0.294. The Labute approximate surface area is 134 Å². The van der Waals surface area contributed by atoms with Gasteiger partial charge >= 0.3 is 0 Å². The van der Waals surface area contributed by atoms with Gasteiger partial charge in [-0.25, -0.2) is 0 Å². The Morgan fingerprint density at radius 2 is 1.91 bits per heavy atom. The van der Waals surface area contributed by atoms with Crippen LogP contribution in [0, 0.1) is 0 Å². The number of hydrogen-bond donors (Lipinski definition) is 2. The molecule has 0 aliphatic carbocycles. The molecule has 0 radical (unpaired) electrons. The van der Waals surface area contributed by atoms with E-state index in [1.54, 1.807) is 6.07 Å². The van der Waals surface area contributed by atoms with E-state index in [1.807, 2.05) is 42.6 Å². The van der Waals surface area contributed by atoms with Crippen LogP contribution in [0.15, 0.2) is 41.8 Å². The second-order valence-electron chi connectivity index (χ2n) is 4.89. The van der Waals surface area contributed by atoms with E-state index in [4.69, 9.17) is 0 Å². The molecule has 0 saturated carbocycles. The molecule has 2 rings (SSSR count). The van der Waals surface area contributed by atoms with E-state index in [0.717, 1.165) is 17.8 Å². The van der Waals surface area contributed by atoms with Gasteiger partial charge in [0.25, 0.3) is 0 Å². The van der Waals surface area contributed by atoms with Gasteiger partial charge in [0.1, 0.15) is 0 Å². The molecule has 0 atom stereocenters. The van der Waals surface area contributed by atoms with Crippen molar-refractivity contribution < 1.29 is 9.59 Å². The van der Waals surface area contributed by atoms with Gasteiger partial charge in [-0.2, -0.15) is 0 Å². The molecule has 4 nitrogen and oxygen atoms in total. The van der Waals surface area contributed by atoms with E-state index in [9.17, 15) is 9.59 Å². The average Bonchev–Trinajstić information content (AvgIpc) is 3.06. The molecular formula is C17H20N2O2S. The highest BCUT2D eigenvalue weighted by molar-refractivity contribution is 7.12. The summed E-state index contributed by atoms with van der Waals surface area (Å²) >= 11 is 1.41. The van der Waals surface area contributed by atoms with Gasteiger partial charge in [0.15, 0.2) is 5.78 Å². The lowest BCUT2D eigenvalue weighted by molar-refractivity contribution is -0.116. The van der Waals surface area contributed by atoms with Crippen molar-refractivity contribution in [3.63, 3.8) is 0 Å². The number of hydrogen-bond acceptors (Lipinski definition) is 4. The number of ketones is 1. The summed E-state index contributed by atoms with van der Waals surface area (Å²) in [4.78, 5) is 24.6. The number of para-hydroxylation sites is 1. The molecule has 0 saturated heterocycles. The van der Waals surface area contributed by atoms with Crippen molar-refractivity contribution in [3.8, 4) is 0 Å². The molecule has 116 valence electrons. The van der Waals surface area contributed by atoms with Crippen molar-refractivity contribution in [3.05, 3.63) is 52.2 Å². The van der Waals surface area contributed by atoms with Crippen LogP contribution in [0.4, 0.5) is 5.69 Å². The Morgan fingerprint density at radius 1 is 1.09 bits per heavy atom. The Hall–Kier alpha value is -1.98. The third kappa shape index (κ3) is 4.79. The Kier molecular flexibility index (Phi) is 6.30. The minimum atomic E-state index is -0.131. The molecule has 2 aromatic rings. The Bertz CT molecular complexity index is 623. The zero-order chi connectivity index (χ0) is 15.8. The van der Waals surface area contributed by atoms with Gasteiger partial charge < -0.3 is 10.6 Å². The molecule has 0 fully saturated rings. The van der Waals surface area contributed by atoms with Crippen molar-refractivity contribution in [1.29, 1.82) is 0 Å². The molecule has 0 aliphatic heterocycles. The summed E-state index contributed by atoms with van der Waals surface area (Å²) in [7, 11) is 0. The summed E-state index contributed by atoms with van der Waals surface area (Å²) in [5, 5.41) is 8.00. The summed E-state index contributed by atoms with van der Waals surface area (Å²) < 4.78 is 0. The van der Waals surface area contributed by atoms with Crippen molar-refractivity contribution in [2.45, 2.75) is 26.3 Å². The van der Waals surface area contributed by atoms with E-state index in [1.165, 1.54) is 11.3 Å². The molecule has 0 bridgehead atoms. The first-order valence-corrected chi connectivity index (χ1v) is 8.24. The van der Waals surface area contributed by atoms with Gasteiger partial charge in [-0.3, -0.25) is 9.59 Å². The van der Waals surface area contributed by atoms with E-state index in [0.29, 0.717) is 11.4 Å². The molecule has 22 heavy (non-hydrogen) atoms. The van der Waals surface area contributed by atoms with Crippen LogP contribution in [0.5, 0.6) is 0 Å². The monoisotopic (exact) mass is 316 g/mol. The van der Waals surface area contributed by atoms with Gasteiger partial charge in [-0.1, -0.05) is 31.2 Å². The van der Waals surface area contributed by atoms with E-state index >= 15 is 0 Å². The van der Waals surface area contributed by atoms with Crippen LogP contribution in [0.2, 0.25) is 0 Å². The SMILES string of the molecule is CCNCc1ccccc1NC(=O)CCC(=O)c1cccs1.